The van der Waals surface area contributed by atoms with Crippen LogP contribution in [0.5, 0.6) is 0 Å². The zero-order valence-corrected chi connectivity index (χ0v) is 14.3. The molecule has 2 aromatic carbocycles. The van der Waals surface area contributed by atoms with E-state index in [1.807, 2.05) is 18.2 Å². The third-order valence-corrected chi connectivity index (χ3v) is 3.52. The van der Waals surface area contributed by atoms with E-state index in [0.717, 1.165) is 5.56 Å². The Morgan fingerprint density at radius 1 is 1.17 bits per heavy atom. The van der Waals surface area contributed by atoms with Gasteiger partial charge in [0.1, 0.15) is 0 Å². The van der Waals surface area contributed by atoms with Crippen molar-refractivity contribution in [3.63, 3.8) is 0 Å². The Bertz CT molecular complexity index is 734. The van der Waals surface area contributed by atoms with Crippen LogP contribution in [0.15, 0.2) is 48.5 Å². The molecule has 0 unspecified atom stereocenters. The Hall–Kier alpha value is -2.53. The maximum absolute atomic E-state index is 12.5. The molecule has 5 nitrogen and oxygen atoms in total. The second-order valence-corrected chi connectivity index (χ2v) is 5.65. The number of halogens is 1. The second kappa shape index (κ2) is 8.36. The van der Waals surface area contributed by atoms with Crippen molar-refractivity contribution < 1.29 is 14.3 Å². The number of nitrogens with zero attached hydrogens (tertiary/aromatic N) is 1. The van der Waals surface area contributed by atoms with E-state index < -0.39 is 6.09 Å². The summed E-state index contributed by atoms with van der Waals surface area (Å²) in [6.45, 7) is 2.45. The predicted molar refractivity (Wildman–Crippen MR) is 94.3 cm³/mol. The molecule has 0 radical (unpaired) electrons. The summed E-state index contributed by atoms with van der Waals surface area (Å²) >= 11 is 5.96. The lowest BCUT2D eigenvalue weighted by atomic mass is 10.1. The van der Waals surface area contributed by atoms with Crippen molar-refractivity contribution in [1.29, 1.82) is 0 Å². The predicted octanol–water partition coefficient (Wildman–Crippen LogP) is 4.18. The summed E-state index contributed by atoms with van der Waals surface area (Å²) in [5, 5.41) is 3.22. The van der Waals surface area contributed by atoms with Crippen molar-refractivity contribution in [2.75, 3.05) is 19.0 Å². The van der Waals surface area contributed by atoms with Crippen molar-refractivity contribution in [3.05, 3.63) is 64.7 Å². The van der Waals surface area contributed by atoms with Gasteiger partial charge in [0, 0.05) is 29.9 Å². The largest absolute Gasteiger partial charge is 0.450 e. The zero-order valence-electron chi connectivity index (χ0n) is 13.6. The van der Waals surface area contributed by atoms with Gasteiger partial charge in [0.25, 0.3) is 5.91 Å². The number of carbonyl (C=O) groups is 2. The van der Waals surface area contributed by atoms with Crippen LogP contribution in [0.2, 0.25) is 5.02 Å². The first-order chi connectivity index (χ1) is 11.5. The van der Waals surface area contributed by atoms with E-state index in [9.17, 15) is 9.59 Å². The SMILES string of the molecule is CCOC(=O)Nc1cccc(C(=O)N(C)Cc2cccc(Cl)c2)c1. The summed E-state index contributed by atoms with van der Waals surface area (Å²) in [5.41, 5.74) is 1.93. The maximum atomic E-state index is 12.5. The van der Waals surface area contributed by atoms with Crippen LogP contribution in [-0.4, -0.2) is 30.6 Å². The third-order valence-electron chi connectivity index (χ3n) is 3.29. The fourth-order valence-electron chi connectivity index (χ4n) is 2.22. The minimum atomic E-state index is -0.547. The van der Waals surface area contributed by atoms with Gasteiger partial charge < -0.3 is 9.64 Å². The molecular weight excluding hydrogens is 328 g/mol. The van der Waals surface area contributed by atoms with E-state index in [-0.39, 0.29) is 12.5 Å². The number of hydrogen-bond acceptors (Lipinski definition) is 3. The van der Waals surface area contributed by atoms with E-state index in [1.165, 1.54) is 0 Å². The van der Waals surface area contributed by atoms with Gasteiger partial charge in [0.05, 0.1) is 6.61 Å². The standard InChI is InChI=1S/C18H19ClN2O3/c1-3-24-18(23)20-16-9-5-7-14(11-16)17(22)21(2)12-13-6-4-8-15(19)10-13/h4-11H,3,12H2,1-2H3,(H,20,23). The molecule has 6 heteroatoms. The van der Waals surface area contributed by atoms with Crippen LogP contribution in [0.25, 0.3) is 0 Å². The Morgan fingerprint density at radius 2 is 1.92 bits per heavy atom. The molecule has 0 aromatic heterocycles. The van der Waals surface area contributed by atoms with Gasteiger partial charge in [-0.25, -0.2) is 4.79 Å². The van der Waals surface area contributed by atoms with Gasteiger partial charge in [0.15, 0.2) is 0 Å². The molecule has 0 atom stereocenters. The molecule has 2 amide bonds. The second-order valence-electron chi connectivity index (χ2n) is 5.22. The van der Waals surface area contributed by atoms with Gasteiger partial charge in [-0.05, 0) is 42.8 Å². The first-order valence-corrected chi connectivity index (χ1v) is 7.91. The van der Waals surface area contributed by atoms with Gasteiger partial charge in [-0.1, -0.05) is 29.8 Å². The lowest BCUT2D eigenvalue weighted by Crippen LogP contribution is -2.26. The van der Waals surface area contributed by atoms with Crippen LogP contribution >= 0.6 is 11.6 Å². The van der Waals surface area contributed by atoms with Gasteiger partial charge in [0.2, 0.25) is 0 Å². The van der Waals surface area contributed by atoms with Crippen LogP contribution in [0.1, 0.15) is 22.8 Å². The number of carbonyl (C=O) groups excluding carboxylic acids is 2. The third kappa shape index (κ3) is 4.99. The zero-order chi connectivity index (χ0) is 17.5. The molecule has 0 aliphatic heterocycles. The number of hydrogen-bond donors (Lipinski definition) is 1. The minimum absolute atomic E-state index is 0.150. The molecule has 0 heterocycles. The molecule has 0 aliphatic carbocycles. The van der Waals surface area contributed by atoms with Gasteiger partial charge >= 0.3 is 6.09 Å². The summed E-state index contributed by atoms with van der Waals surface area (Å²) in [4.78, 5) is 25.6. The van der Waals surface area contributed by atoms with Crippen LogP contribution in [0.3, 0.4) is 0 Å². The highest BCUT2D eigenvalue weighted by molar-refractivity contribution is 6.30. The molecule has 126 valence electrons. The van der Waals surface area contributed by atoms with Crippen molar-refractivity contribution in [2.24, 2.45) is 0 Å². The first-order valence-electron chi connectivity index (χ1n) is 7.53. The highest BCUT2D eigenvalue weighted by Crippen LogP contribution is 2.16. The molecule has 0 spiro atoms. The molecule has 1 N–H and O–H groups in total. The summed E-state index contributed by atoms with van der Waals surface area (Å²) in [7, 11) is 1.72. The lowest BCUT2D eigenvalue weighted by molar-refractivity contribution is 0.0785. The fraction of sp³-hybridized carbons (Fsp3) is 0.222. The highest BCUT2D eigenvalue weighted by atomic mass is 35.5. The number of ether oxygens (including phenoxy) is 1. The van der Waals surface area contributed by atoms with Gasteiger partial charge in [-0.3, -0.25) is 10.1 Å². The number of rotatable bonds is 5. The highest BCUT2D eigenvalue weighted by Gasteiger charge is 2.13. The number of benzene rings is 2. The smallest absolute Gasteiger partial charge is 0.411 e. The Morgan fingerprint density at radius 3 is 2.62 bits per heavy atom. The molecular formula is C18H19ClN2O3. The normalized spacial score (nSPS) is 10.1. The molecule has 0 saturated heterocycles. The van der Waals surface area contributed by atoms with E-state index in [4.69, 9.17) is 16.3 Å². The average Bonchev–Trinajstić information content (AvgIpc) is 2.54. The Balaban J connectivity index is 2.07. The van der Waals surface area contributed by atoms with Crippen molar-refractivity contribution in [3.8, 4) is 0 Å². The molecule has 0 saturated carbocycles. The molecule has 0 aliphatic rings. The molecule has 0 fully saturated rings. The van der Waals surface area contributed by atoms with Crippen LogP contribution in [-0.2, 0) is 11.3 Å². The minimum Gasteiger partial charge on any atom is -0.450 e. The number of amides is 2. The van der Waals surface area contributed by atoms with Crippen LogP contribution in [0, 0.1) is 0 Å². The van der Waals surface area contributed by atoms with Gasteiger partial charge in [-0.15, -0.1) is 0 Å². The van der Waals surface area contributed by atoms with Crippen LogP contribution in [0.4, 0.5) is 10.5 Å². The van der Waals surface area contributed by atoms with E-state index in [2.05, 4.69) is 5.32 Å². The lowest BCUT2D eigenvalue weighted by Gasteiger charge is -2.18. The monoisotopic (exact) mass is 346 g/mol. The van der Waals surface area contributed by atoms with E-state index in [0.29, 0.717) is 22.8 Å². The number of nitrogens with one attached hydrogen (secondary N) is 1. The van der Waals surface area contributed by atoms with Gasteiger partial charge in [-0.2, -0.15) is 0 Å². The molecule has 0 bridgehead atoms. The van der Waals surface area contributed by atoms with E-state index >= 15 is 0 Å². The molecule has 2 rings (SSSR count). The topological polar surface area (TPSA) is 58.6 Å². The quantitative estimate of drug-likeness (QED) is 0.883. The Labute approximate surface area is 146 Å². The van der Waals surface area contributed by atoms with E-state index in [1.54, 1.807) is 49.2 Å². The Kier molecular flexibility index (Phi) is 6.21. The summed E-state index contributed by atoms with van der Waals surface area (Å²) in [6.07, 6.45) is -0.547. The maximum Gasteiger partial charge on any atom is 0.411 e. The summed E-state index contributed by atoms with van der Waals surface area (Å²) in [5.74, 6) is -0.150. The summed E-state index contributed by atoms with van der Waals surface area (Å²) < 4.78 is 4.83. The summed E-state index contributed by atoms with van der Waals surface area (Å²) in [6, 6.07) is 14.1. The average molecular weight is 347 g/mol. The number of anilines is 1. The van der Waals surface area contributed by atoms with Crippen molar-refractivity contribution in [1.82, 2.24) is 4.90 Å². The fourth-order valence-corrected chi connectivity index (χ4v) is 2.43. The van der Waals surface area contributed by atoms with Crippen molar-refractivity contribution in [2.45, 2.75) is 13.5 Å². The first kappa shape index (κ1) is 17.8. The van der Waals surface area contributed by atoms with Crippen LogP contribution < -0.4 is 5.32 Å². The van der Waals surface area contributed by atoms with Crippen molar-refractivity contribution >= 4 is 29.3 Å². The molecule has 24 heavy (non-hydrogen) atoms. The molecule has 2 aromatic rings.